The van der Waals surface area contributed by atoms with Crippen LogP contribution in [0.4, 0.5) is 5.69 Å². The molecule has 0 spiro atoms. The van der Waals surface area contributed by atoms with Crippen LogP contribution < -0.4 is 4.90 Å². The first kappa shape index (κ1) is 16.0. The van der Waals surface area contributed by atoms with Crippen LogP contribution in [0, 0.1) is 6.92 Å². The summed E-state index contributed by atoms with van der Waals surface area (Å²) in [6, 6.07) is 8.94. The van der Waals surface area contributed by atoms with Crippen molar-refractivity contribution >= 4 is 5.69 Å². The maximum Gasteiger partial charge on any atom is 0.0584 e. The van der Waals surface area contributed by atoms with Crippen molar-refractivity contribution in [3.05, 3.63) is 29.8 Å². The van der Waals surface area contributed by atoms with E-state index in [-0.39, 0.29) is 12.6 Å². The van der Waals surface area contributed by atoms with Gasteiger partial charge in [-0.15, -0.1) is 0 Å². The fraction of sp³-hybridized carbons (Fsp3) is 0.625. The molecular weight excluding hydrogens is 236 g/mol. The fourth-order valence-electron chi connectivity index (χ4n) is 2.03. The minimum Gasteiger partial charge on any atom is -0.395 e. The number of aliphatic hydroxyl groups excluding tert-OH is 1. The summed E-state index contributed by atoms with van der Waals surface area (Å²) in [6.07, 6.45) is 1.15. The van der Waals surface area contributed by atoms with Gasteiger partial charge >= 0.3 is 0 Å². The largest absolute Gasteiger partial charge is 0.395 e. The lowest BCUT2D eigenvalue weighted by Crippen LogP contribution is -2.39. The average Bonchev–Trinajstić information content (AvgIpc) is 2.43. The molecule has 0 saturated heterocycles. The summed E-state index contributed by atoms with van der Waals surface area (Å²) in [7, 11) is 2.07. The van der Waals surface area contributed by atoms with E-state index in [4.69, 9.17) is 5.11 Å². The van der Waals surface area contributed by atoms with E-state index >= 15 is 0 Å². The van der Waals surface area contributed by atoms with E-state index in [2.05, 4.69) is 61.9 Å². The third-order valence-electron chi connectivity index (χ3n) is 3.63. The number of hydrogen-bond acceptors (Lipinski definition) is 3. The standard InChI is InChI=1S/C16H28N2O/c1-5-10-18(12-11-17(4)15(3)13-19)16-8-6-14(2)7-9-16/h6-9,15,19H,5,10-13H2,1-4H3. The normalized spacial score (nSPS) is 12.7. The van der Waals surface area contributed by atoms with E-state index in [0.717, 1.165) is 26.1 Å². The molecule has 1 atom stereocenters. The Hall–Kier alpha value is -1.06. The number of rotatable bonds is 8. The minimum atomic E-state index is 0.217. The van der Waals surface area contributed by atoms with Crippen LogP contribution in [0.1, 0.15) is 25.8 Å². The molecule has 108 valence electrons. The van der Waals surface area contributed by atoms with Crippen molar-refractivity contribution in [3.63, 3.8) is 0 Å². The van der Waals surface area contributed by atoms with E-state index in [1.165, 1.54) is 11.3 Å². The van der Waals surface area contributed by atoms with E-state index in [0.29, 0.717) is 0 Å². The lowest BCUT2D eigenvalue weighted by molar-refractivity contribution is 0.161. The highest BCUT2D eigenvalue weighted by molar-refractivity contribution is 5.47. The maximum absolute atomic E-state index is 9.17. The van der Waals surface area contributed by atoms with Gasteiger partial charge in [-0.25, -0.2) is 0 Å². The summed E-state index contributed by atoms with van der Waals surface area (Å²) in [4.78, 5) is 4.62. The first-order valence-corrected chi connectivity index (χ1v) is 7.21. The number of nitrogens with zero attached hydrogens (tertiary/aromatic N) is 2. The zero-order chi connectivity index (χ0) is 14.3. The third-order valence-corrected chi connectivity index (χ3v) is 3.63. The van der Waals surface area contributed by atoms with Crippen LogP contribution in [0.25, 0.3) is 0 Å². The number of hydrogen-bond donors (Lipinski definition) is 1. The summed E-state index contributed by atoms with van der Waals surface area (Å²) in [5, 5.41) is 9.17. The maximum atomic E-state index is 9.17. The van der Waals surface area contributed by atoms with Gasteiger partial charge in [0.25, 0.3) is 0 Å². The van der Waals surface area contributed by atoms with Crippen LogP contribution in [-0.4, -0.2) is 49.3 Å². The van der Waals surface area contributed by atoms with E-state index in [1.54, 1.807) is 0 Å². The molecule has 0 aliphatic carbocycles. The van der Waals surface area contributed by atoms with Crippen LogP contribution in [0.5, 0.6) is 0 Å². The van der Waals surface area contributed by atoms with Crippen LogP contribution in [0.15, 0.2) is 24.3 Å². The molecule has 3 heteroatoms. The summed E-state index contributed by atoms with van der Waals surface area (Å²) >= 11 is 0. The highest BCUT2D eigenvalue weighted by Crippen LogP contribution is 2.15. The van der Waals surface area contributed by atoms with Gasteiger partial charge in [0.2, 0.25) is 0 Å². The van der Waals surface area contributed by atoms with Crippen molar-refractivity contribution in [2.24, 2.45) is 0 Å². The topological polar surface area (TPSA) is 26.7 Å². The molecule has 0 amide bonds. The van der Waals surface area contributed by atoms with Gasteiger partial charge in [-0.1, -0.05) is 24.6 Å². The first-order valence-electron chi connectivity index (χ1n) is 7.21. The number of likely N-dealkylation sites (N-methyl/N-ethyl adjacent to an activating group) is 1. The molecule has 0 aliphatic rings. The Morgan fingerprint density at radius 1 is 1.11 bits per heavy atom. The van der Waals surface area contributed by atoms with Gasteiger partial charge in [0.1, 0.15) is 0 Å². The average molecular weight is 264 g/mol. The highest BCUT2D eigenvalue weighted by Gasteiger charge is 2.10. The fourth-order valence-corrected chi connectivity index (χ4v) is 2.03. The highest BCUT2D eigenvalue weighted by atomic mass is 16.3. The summed E-state index contributed by atoms with van der Waals surface area (Å²) in [5.74, 6) is 0. The van der Waals surface area contributed by atoms with E-state index in [9.17, 15) is 0 Å². The number of benzene rings is 1. The second-order valence-corrected chi connectivity index (χ2v) is 5.33. The molecule has 0 aromatic heterocycles. The van der Waals surface area contributed by atoms with Crippen molar-refractivity contribution in [2.75, 3.05) is 38.2 Å². The molecule has 0 fully saturated rings. The SMILES string of the molecule is CCCN(CCN(C)C(C)CO)c1ccc(C)cc1. The van der Waals surface area contributed by atoms with Gasteiger partial charge in [0.05, 0.1) is 6.61 Å². The quantitative estimate of drug-likeness (QED) is 0.781. The summed E-state index contributed by atoms with van der Waals surface area (Å²) in [5.41, 5.74) is 2.59. The summed E-state index contributed by atoms with van der Waals surface area (Å²) in [6.45, 7) is 9.63. The van der Waals surface area contributed by atoms with Gasteiger partial charge < -0.3 is 10.0 Å². The smallest absolute Gasteiger partial charge is 0.0584 e. The van der Waals surface area contributed by atoms with E-state index in [1.807, 2.05) is 0 Å². The van der Waals surface area contributed by atoms with Crippen molar-refractivity contribution in [1.82, 2.24) is 4.90 Å². The predicted molar refractivity (Wildman–Crippen MR) is 82.9 cm³/mol. The van der Waals surface area contributed by atoms with Crippen LogP contribution in [0.3, 0.4) is 0 Å². The third kappa shape index (κ3) is 5.21. The van der Waals surface area contributed by atoms with Gasteiger partial charge in [-0.2, -0.15) is 0 Å². The molecule has 1 unspecified atom stereocenters. The molecule has 1 N–H and O–H groups in total. The monoisotopic (exact) mass is 264 g/mol. The van der Waals surface area contributed by atoms with E-state index < -0.39 is 0 Å². The Kier molecular flexibility index (Phi) is 6.89. The molecule has 1 aromatic carbocycles. The molecule has 0 aliphatic heterocycles. The van der Waals surface area contributed by atoms with Gasteiger partial charge in [0.15, 0.2) is 0 Å². The Morgan fingerprint density at radius 3 is 2.26 bits per heavy atom. The Bertz CT molecular complexity index is 350. The second kappa shape index (κ2) is 8.18. The molecule has 1 rings (SSSR count). The van der Waals surface area contributed by atoms with Gasteiger partial charge in [0, 0.05) is 31.4 Å². The second-order valence-electron chi connectivity index (χ2n) is 5.33. The molecule has 0 saturated carbocycles. The number of anilines is 1. The zero-order valence-corrected chi connectivity index (χ0v) is 12.8. The van der Waals surface area contributed by atoms with Crippen molar-refractivity contribution in [1.29, 1.82) is 0 Å². The van der Waals surface area contributed by atoms with Crippen molar-refractivity contribution in [3.8, 4) is 0 Å². The minimum absolute atomic E-state index is 0.217. The Morgan fingerprint density at radius 2 is 1.74 bits per heavy atom. The Labute approximate surface area is 117 Å². The molecule has 1 aromatic rings. The zero-order valence-electron chi connectivity index (χ0n) is 12.8. The Balaban J connectivity index is 2.60. The molecule has 0 heterocycles. The van der Waals surface area contributed by atoms with Crippen molar-refractivity contribution < 1.29 is 5.11 Å². The van der Waals surface area contributed by atoms with Crippen molar-refractivity contribution in [2.45, 2.75) is 33.2 Å². The molecule has 0 bridgehead atoms. The van der Waals surface area contributed by atoms with Gasteiger partial charge in [-0.05, 0) is 39.4 Å². The lowest BCUT2D eigenvalue weighted by Gasteiger charge is -2.29. The molecule has 0 radical (unpaired) electrons. The van der Waals surface area contributed by atoms with Gasteiger partial charge in [-0.3, -0.25) is 4.90 Å². The number of aryl methyl sites for hydroxylation is 1. The molecule has 19 heavy (non-hydrogen) atoms. The summed E-state index contributed by atoms with van der Waals surface area (Å²) < 4.78 is 0. The van der Waals surface area contributed by atoms with Crippen LogP contribution in [0.2, 0.25) is 0 Å². The molecular formula is C16H28N2O. The van der Waals surface area contributed by atoms with Crippen LogP contribution in [-0.2, 0) is 0 Å². The lowest BCUT2D eigenvalue weighted by atomic mass is 10.2. The molecule has 3 nitrogen and oxygen atoms in total. The van der Waals surface area contributed by atoms with Crippen LogP contribution >= 0.6 is 0 Å². The first-order chi connectivity index (χ1) is 9.08. The predicted octanol–water partition coefficient (Wildman–Crippen LogP) is 2.52. The number of aliphatic hydroxyl groups is 1.